The highest BCUT2D eigenvalue weighted by Gasteiger charge is 2.18. The van der Waals surface area contributed by atoms with Gasteiger partial charge in [-0.1, -0.05) is 18.2 Å². The lowest BCUT2D eigenvalue weighted by Crippen LogP contribution is -2.47. The molecule has 32 heavy (non-hydrogen) atoms. The summed E-state index contributed by atoms with van der Waals surface area (Å²) in [6, 6.07) is 10.00. The molecule has 8 heteroatoms. The van der Waals surface area contributed by atoms with Crippen LogP contribution in [0.5, 0.6) is 0 Å². The van der Waals surface area contributed by atoms with Crippen molar-refractivity contribution in [2.45, 2.75) is 26.8 Å². The van der Waals surface area contributed by atoms with Gasteiger partial charge in [0.2, 0.25) is 5.95 Å². The average molecular weight is 436 g/mol. The molecule has 1 fully saturated rings. The van der Waals surface area contributed by atoms with Crippen molar-refractivity contribution in [2.75, 3.05) is 50.7 Å². The zero-order valence-corrected chi connectivity index (χ0v) is 19.0. The Morgan fingerprint density at radius 1 is 1.06 bits per heavy atom. The van der Waals surface area contributed by atoms with Crippen molar-refractivity contribution in [3.63, 3.8) is 0 Å². The van der Waals surface area contributed by atoms with Gasteiger partial charge in [0.15, 0.2) is 5.96 Å². The van der Waals surface area contributed by atoms with Gasteiger partial charge >= 0.3 is 0 Å². The number of fused-ring (bicyclic) bond motifs is 1. The number of piperazine rings is 1. The Bertz CT molecular complexity index is 1010. The highest BCUT2D eigenvalue weighted by atomic mass is 16.3. The fraction of sp³-hybridized carbons (Fsp3) is 0.458. The number of benzene rings is 1. The summed E-state index contributed by atoms with van der Waals surface area (Å²) < 4.78 is 5.99. The topological polar surface area (TPSA) is 81.8 Å². The largest absolute Gasteiger partial charge is 0.459 e. The van der Waals surface area contributed by atoms with Crippen LogP contribution >= 0.6 is 0 Å². The number of aliphatic imine (C=N–C) groups is 1. The van der Waals surface area contributed by atoms with Crippen molar-refractivity contribution in [3.05, 3.63) is 54.0 Å². The van der Waals surface area contributed by atoms with Gasteiger partial charge in [-0.15, -0.1) is 0 Å². The van der Waals surface area contributed by atoms with Crippen LogP contribution in [0.15, 0.2) is 52.1 Å². The molecule has 2 N–H and O–H groups in total. The van der Waals surface area contributed by atoms with Crippen LogP contribution in [-0.2, 0) is 6.54 Å². The Hall–Kier alpha value is -3.13. The number of nitrogens with one attached hydrogen (secondary N) is 2. The number of para-hydroxylation sites is 1. The van der Waals surface area contributed by atoms with E-state index in [9.17, 15) is 0 Å². The van der Waals surface area contributed by atoms with Gasteiger partial charge in [-0.25, -0.2) is 15.0 Å². The molecule has 170 valence electrons. The Labute approximate surface area is 189 Å². The van der Waals surface area contributed by atoms with Gasteiger partial charge in [-0.2, -0.15) is 0 Å². The van der Waals surface area contributed by atoms with Crippen molar-refractivity contribution < 1.29 is 4.42 Å². The molecule has 0 unspecified atom stereocenters. The van der Waals surface area contributed by atoms with E-state index in [-0.39, 0.29) is 0 Å². The van der Waals surface area contributed by atoms with Crippen LogP contribution in [0.2, 0.25) is 0 Å². The van der Waals surface area contributed by atoms with E-state index in [0.717, 1.165) is 80.9 Å². The zero-order valence-electron chi connectivity index (χ0n) is 19.0. The second kappa shape index (κ2) is 10.9. The number of rotatable bonds is 8. The fourth-order valence-electron chi connectivity index (χ4n) is 4.00. The molecule has 2 aromatic heterocycles. The minimum atomic E-state index is 0.527. The predicted octanol–water partition coefficient (Wildman–Crippen LogP) is 2.80. The first-order valence-electron chi connectivity index (χ1n) is 11.5. The van der Waals surface area contributed by atoms with Crippen LogP contribution in [0.4, 0.5) is 5.95 Å². The van der Waals surface area contributed by atoms with E-state index in [2.05, 4.69) is 50.3 Å². The maximum atomic E-state index is 5.99. The van der Waals surface area contributed by atoms with Gasteiger partial charge in [-0.05, 0) is 38.9 Å². The lowest BCUT2D eigenvalue weighted by molar-refractivity contribution is 0.254. The fourth-order valence-corrected chi connectivity index (χ4v) is 4.00. The number of furan rings is 1. The van der Waals surface area contributed by atoms with Crippen LogP contribution in [0.1, 0.15) is 24.7 Å². The van der Waals surface area contributed by atoms with Crippen molar-refractivity contribution >= 4 is 22.9 Å². The summed E-state index contributed by atoms with van der Waals surface area (Å²) in [5, 5.41) is 7.95. The Balaban J connectivity index is 1.21. The first kappa shape index (κ1) is 22.1. The molecule has 0 radical (unpaired) electrons. The number of anilines is 1. The number of nitrogens with zero attached hydrogens (tertiary/aromatic N) is 5. The summed E-state index contributed by atoms with van der Waals surface area (Å²) >= 11 is 0. The standard InChI is InChI=1S/C24H33N7O/c1-3-25-23(29-18-22-19(2)20-8-4-5-9-21(20)32-22)26-12-7-13-30-14-16-31(17-15-30)24-27-10-6-11-28-24/h4-6,8-11H,3,7,12-18H2,1-2H3,(H2,25,26,29). The molecule has 1 saturated heterocycles. The van der Waals surface area contributed by atoms with Crippen molar-refractivity contribution in [1.82, 2.24) is 25.5 Å². The molecule has 0 bridgehead atoms. The molecule has 8 nitrogen and oxygen atoms in total. The zero-order chi connectivity index (χ0) is 22.2. The van der Waals surface area contributed by atoms with Gasteiger partial charge < -0.3 is 20.0 Å². The number of aryl methyl sites for hydroxylation is 1. The van der Waals surface area contributed by atoms with Crippen molar-refractivity contribution in [2.24, 2.45) is 4.99 Å². The van der Waals surface area contributed by atoms with E-state index >= 15 is 0 Å². The average Bonchev–Trinajstić information content (AvgIpc) is 3.16. The summed E-state index contributed by atoms with van der Waals surface area (Å²) in [7, 11) is 0. The highest BCUT2D eigenvalue weighted by molar-refractivity contribution is 5.82. The molecule has 0 saturated carbocycles. The maximum absolute atomic E-state index is 5.99. The van der Waals surface area contributed by atoms with Gasteiger partial charge in [-0.3, -0.25) is 4.90 Å². The van der Waals surface area contributed by atoms with Gasteiger partial charge in [0.05, 0.1) is 0 Å². The van der Waals surface area contributed by atoms with Crippen LogP contribution in [-0.4, -0.2) is 66.6 Å². The first-order chi connectivity index (χ1) is 15.7. The second-order valence-electron chi connectivity index (χ2n) is 8.00. The van der Waals surface area contributed by atoms with Crippen LogP contribution in [0.3, 0.4) is 0 Å². The minimum absolute atomic E-state index is 0.527. The van der Waals surface area contributed by atoms with Crippen molar-refractivity contribution in [1.29, 1.82) is 0 Å². The lowest BCUT2D eigenvalue weighted by Gasteiger charge is -2.34. The minimum Gasteiger partial charge on any atom is -0.459 e. The molecule has 3 aromatic rings. The number of guanidine groups is 1. The lowest BCUT2D eigenvalue weighted by atomic mass is 10.1. The van der Waals surface area contributed by atoms with Crippen LogP contribution in [0.25, 0.3) is 11.0 Å². The maximum Gasteiger partial charge on any atom is 0.225 e. The monoisotopic (exact) mass is 435 g/mol. The molecule has 4 rings (SSSR count). The van der Waals surface area contributed by atoms with E-state index in [1.54, 1.807) is 12.4 Å². The molecule has 0 spiro atoms. The van der Waals surface area contributed by atoms with Crippen LogP contribution in [0, 0.1) is 6.92 Å². The van der Waals surface area contributed by atoms with Crippen molar-refractivity contribution in [3.8, 4) is 0 Å². The molecule has 0 aliphatic carbocycles. The van der Waals surface area contributed by atoms with E-state index in [4.69, 9.17) is 9.41 Å². The summed E-state index contributed by atoms with van der Waals surface area (Å²) in [4.78, 5) is 18.2. The number of aromatic nitrogens is 2. The normalized spacial score (nSPS) is 15.3. The summed E-state index contributed by atoms with van der Waals surface area (Å²) in [5.74, 6) is 2.59. The highest BCUT2D eigenvalue weighted by Crippen LogP contribution is 2.25. The van der Waals surface area contributed by atoms with Gasteiger partial charge in [0, 0.05) is 62.6 Å². The molecular formula is C24H33N7O. The molecule has 0 atom stereocenters. The Morgan fingerprint density at radius 3 is 2.59 bits per heavy atom. The number of hydrogen-bond donors (Lipinski definition) is 2. The molecular weight excluding hydrogens is 402 g/mol. The Kier molecular flexibility index (Phi) is 7.55. The molecule has 0 amide bonds. The van der Waals surface area contributed by atoms with Crippen LogP contribution < -0.4 is 15.5 Å². The summed E-state index contributed by atoms with van der Waals surface area (Å²) in [6.07, 6.45) is 4.68. The molecule has 1 aromatic carbocycles. The predicted molar refractivity (Wildman–Crippen MR) is 129 cm³/mol. The SMILES string of the molecule is CCNC(=NCc1oc2ccccc2c1C)NCCCN1CCN(c2ncccn2)CC1. The molecule has 3 heterocycles. The second-order valence-corrected chi connectivity index (χ2v) is 8.00. The summed E-state index contributed by atoms with van der Waals surface area (Å²) in [5.41, 5.74) is 2.09. The van der Waals surface area contributed by atoms with E-state index in [0.29, 0.717) is 6.54 Å². The van der Waals surface area contributed by atoms with E-state index in [1.807, 2.05) is 24.3 Å². The molecule has 1 aliphatic rings. The number of hydrogen-bond acceptors (Lipinski definition) is 6. The van der Waals surface area contributed by atoms with E-state index in [1.165, 1.54) is 5.56 Å². The summed E-state index contributed by atoms with van der Waals surface area (Å²) in [6.45, 7) is 11.5. The smallest absolute Gasteiger partial charge is 0.225 e. The van der Waals surface area contributed by atoms with Gasteiger partial charge in [0.1, 0.15) is 17.9 Å². The van der Waals surface area contributed by atoms with Gasteiger partial charge in [0.25, 0.3) is 0 Å². The first-order valence-corrected chi connectivity index (χ1v) is 11.5. The Morgan fingerprint density at radius 2 is 1.84 bits per heavy atom. The third-order valence-electron chi connectivity index (χ3n) is 5.82. The third kappa shape index (κ3) is 5.56. The molecule has 1 aliphatic heterocycles. The quantitative estimate of drug-likeness (QED) is 0.320. The van der Waals surface area contributed by atoms with E-state index < -0.39 is 0 Å². The third-order valence-corrected chi connectivity index (χ3v) is 5.82.